The number of carbonyl (C=O) groups excluding carboxylic acids is 1. The number of H-pyrrole nitrogens is 1. The molecule has 1 aromatic heterocycles. The molecule has 2 aromatic rings. The summed E-state index contributed by atoms with van der Waals surface area (Å²) in [5.74, 6) is 0.635. The van der Waals surface area contributed by atoms with Crippen LogP contribution in [0.4, 0.5) is 0 Å². The quantitative estimate of drug-likeness (QED) is 0.615. The van der Waals surface area contributed by atoms with Gasteiger partial charge in [-0.05, 0) is 64.2 Å². The smallest absolute Gasteiger partial charge is 0.254 e. The fourth-order valence-electron chi connectivity index (χ4n) is 4.37. The minimum Gasteiger partial charge on any atom is -0.448 e. The summed E-state index contributed by atoms with van der Waals surface area (Å²) in [6.07, 6.45) is 3.89. The molecule has 0 radical (unpaired) electrons. The van der Waals surface area contributed by atoms with E-state index in [4.69, 9.17) is 9.47 Å². The molecule has 1 atom stereocenters. The monoisotopic (exact) mass is 443 g/mol. The number of aromatic nitrogens is 1. The topological polar surface area (TPSA) is 92.5 Å². The van der Waals surface area contributed by atoms with Crippen molar-refractivity contribution in [3.05, 3.63) is 50.9 Å². The number of ether oxygens (including phenoxy) is 2. The summed E-state index contributed by atoms with van der Waals surface area (Å²) in [4.78, 5) is 29.0. The molecule has 3 N–H and O–H groups in total. The normalized spacial score (nSPS) is 20.6. The van der Waals surface area contributed by atoms with Gasteiger partial charge in [0, 0.05) is 46.7 Å². The van der Waals surface area contributed by atoms with Crippen molar-refractivity contribution in [3.8, 4) is 11.5 Å². The van der Waals surface area contributed by atoms with Crippen molar-refractivity contribution in [2.75, 3.05) is 19.3 Å². The molecular formula is C23H29N3O4S. The number of amides is 1. The first-order valence-electron chi connectivity index (χ1n) is 10.6. The van der Waals surface area contributed by atoms with Crippen LogP contribution in [0.5, 0.6) is 11.5 Å². The predicted molar refractivity (Wildman–Crippen MR) is 121 cm³/mol. The first kappa shape index (κ1) is 21.8. The van der Waals surface area contributed by atoms with Crippen LogP contribution in [0.2, 0.25) is 0 Å². The number of thioether (sulfide) groups is 1. The Hall–Kier alpha value is -2.45. The second-order valence-electron chi connectivity index (χ2n) is 8.32. The van der Waals surface area contributed by atoms with E-state index in [1.807, 2.05) is 33.1 Å². The van der Waals surface area contributed by atoms with Crippen molar-refractivity contribution in [1.82, 2.24) is 15.6 Å². The molecule has 1 saturated heterocycles. The zero-order valence-corrected chi connectivity index (χ0v) is 19.2. The van der Waals surface area contributed by atoms with Gasteiger partial charge in [0.05, 0.1) is 0 Å². The van der Waals surface area contributed by atoms with Gasteiger partial charge in [0.2, 0.25) is 0 Å². The molecule has 0 spiro atoms. The van der Waals surface area contributed by atoms with E-state index in [0.29, 0.717) is 22.6 Å². The fraction of sp³-hybridized carbons (Fsp3) is 0.478. The van der Waals surface area contributed by atoms with Crippen molar-refractivity contribution in [2.45, 2.75) is 50.8 Å². The number of hydrogen-bond acceptors (Lipinski definition) is 6. The Morgan fingerprint density at radius 3 is 2.71 bits per heavy atom. The number of aromatic amines is 1. The molecule has 2 aliphatic rings. The lowest BCUT2D eigenvalue weighted by atomic mass is 9.90. The van der Waals surface area contributed by atoms with Gasteiger partial charge in [-0.2, -0.15) is 0 Å². The molecular weight excluding hydrogens is 414 g/mol. The van der Waals surface area contributed by atoms with Crippen LogP contribution in [0.15, 0.2) is 27.9 Å². The van der Waals surface area contributed by atoms with Crippen LogP contribution < -0.4 is 25.7 Å². The highest BCUT2D eigenvalue weighted by atomic mass is 32.2. The molecule has 2 aliphatic heterocycles. The molecule has 1 fully saturated rings. The lowest BCUT2D eigenvalue weighted by molar-refractivity contribution is -0.118. The van der Waals surface area contributed by atoms with E-state index < -0.39 is 5.79 Å². The van der Waals surface area contributed by atoms with Crippen molar-refractivity contribution in [3.63, 3.8) is 0 Å². The lowest BCUT2D eigenvalue weighted by Crippen LogP contribution is -2.47. The molecule has 3 heterocycles. The van der Waals surface area contributed by atoms with Gasteiger partial charge in [0.25, 0.3) is 17.3 Å². The number of piperidine rings is 1. The van der Waals surface area contributed by atoms with Crippen LogP contribution >= 0.6 is 11.8 Å². The lowest BCUT2D eigenvalue weighted by Gasteiger charge is -2.35. The summed E-state index contributed by atoms with van der Waals surface area (Å²) in [5.41, 5.74) is 2.45. The highest BCUT2D eigenvalue weighted by Gasteiger charge is 2.45. The minimum atomic E-state index is -0.716. The van der Waals surface area contributed by atoms with Gasteiger partial charge in [-0.15, -0.1) is 11.8 Å². The largest absolute Gasteiger partial charge is 0.448 e. The van der Waals surface area contributed by atoms with E-state index in [2.05, 4.69) is 15.6 Å². The fourth-order valence-corrected chi connectivity index (χ4v) is 5.08. The summed E-state index contributed by atoms with van der Waals surface area (Å²) in [5, 5.41) is 6.25. The van der Waals surface area contributed by atoms with E-state index in [9.17, 15) is 9.59 Å². The molecule has 4 rings (SSSR count). The third kappa shape index (κ3) is 4.19. The summed E-state index contributed by atoms with van der Waals surface area (Å²) < 4.78 is 12.5. The number of benzene rings is 1. The van der Waals surface area contributed by atoms with E-state index in [1.54, 1.807) is 12.1 Å². The number of aryl methyl sites for hydroxylation is 1. The van der Waals surface area contributed by atoms with Crippen molar-refractivity contribution in [2.24, 2.45) is 5.92 Å². The van der Waals surface area contributed by atoms with Gasteiger partial charge in [0.1, 0.15) is 0 Å². The average molecular weight is 444 g/mol. The molecule has 0 saturated carbocycles. The Morgan fingerprint density at radius 2 is 2.00 bits per heavy atom. The van der Waals surface area contributed by atoms with Crippen molar-refractivity contribution in [1.29, 1.82) is 0 Å². The maximum Gasteiger partial charge on any atom is 0.254 e. The van der Waals surface area contributed by atoms with Crippen molar-refractivity contribution < 1.29 is 14.3 Å². The van der Waals surface area contributed by atoms with E-state index >= 15 is 0 Å². The van der Waals surface area contributed by atoms with E-state index in [1.165, 1.54) is 11.8 Å². The van der Waals surface area contributed by atoms with Crippen LogP contribution in [0, 0.1) is 19.8 Å². The Kier molecular flexibility index (Phi) is 6.03. The number of rotatable bonds is 5. The summed E-state index contributed by atoms with van der Waals surface area (Å²) in [7, 11) is 0. The van der Waals surface area contributed by atoms with Crippen molar-refractivity contribution >= 4 is 17.7 Å². The van der Waals surface area contributed by atoms with Crippen LogP contribution in [0.1, 0.15) is 46.9 Å². The maximum atomic E-state index is 12.9. The van der Waals surface area contributed by atoms with Crippen LogP contribution in [-0.4, -0.2) is 36.0 Å². The zero-order valence-electron chi connectivity index (χ0n) is 18.4. The number of carbonyl (C=O) groups is 1. The molecule has 8 heteroatoms. The van der Waals surface area contributed by atoms with Gasteiger partial charge in [-0.1, -0.05) is 0 Å². The standard InChI is InChI=1S/C23H29N3O4S/c1-13-11-19(31-4)17(22(28)26-13)12-25-21(27)16-5-6-18-20(14(16)2)30-23(3,29-18)15-7-9-24-10-8-15/h5-6,11,15,24H,7-10,12H2,1-4H3,(H,25,27)(H,26,28). The molecule has 7 nitrogen and oxygen atoms in total. The number of fused-ring (bicyclic) bond motifs is 1. The predicted octanol–water partition coefficient (Wildman–Crippen LogP) is 3.13. The van der Waals surface area contributed by atoms with E-state index in [0.717, 1.165) is 42.1 Å². The SMILES string of the molecule is CSc1cc(C)[nH]c(=O)c1CNC(=O)c1ccc2c(c1C)OC(C)(C1CCNCC1)O2. The molecule has 0 aliphatic carbocycles. The molecule has 1 aromatic carbocycles. The number of pyridine rings is 1. The molecule has 1 amide bonds. The maximum absolute atomic E-state index is 12.9. The zero-order chi connectivity index (χ0) is 22.2. The Labute approximate surface area is 186 Å². The molecule has 0 bridgehead atoms. The van der Waals surface area contributed by atoms with Crippen LogP contribution in [0.25, 0.3) is 0 Å². The minimum absolute atomic E-state index is 0.158. The highest BCUT2D eigenvalue weighted by Crippen LogP contribution is 2.47. The first-order chi connectivity index (χ1) is 14.8. The molecule has 31 heavy (non-hydrogen) atoms. The molecule has 1 unspecified atom stereocenters. The van der Waals surface area contributed by atoms with E-state index in [-0.39, 0.29) is 23.9 Å². The van der Waals surface area contributed by atoms with Gasteiger partial charge < -0.3 is 25.1 Å². The van der Waals surface area contributed by atoms with Gasteiger partial charge in [0.15, 0.2) is 11.5 Å². The summed E-state index contributed by atoms with van der Waals surface area (Å²) >= 11 is 1.49. The van der Waals surface area contributed by atoms with Gasteiger partial charge in [-0.3, -0.25) is 9.59 Å². The summed E-state index contributed by atoms with van der Waals surface area (Å²) in [6, 6.07) is 5.48. The summed E-state index contributed by atoms with van der Waals surface area (Å²) in [6.45, 7) is 7.76. The van der Waals surface area contributed by atoms with Gasteiger partial charge >= 0.3 is 0 Å². The third-order valence-corrected chi connectivity index (χ3v) is 6.99. The first-order valence-corrected chi connectivity index (χ1v) is 11.8. The second-order valence-corrected chi connectivity index (χ2v) is 9.17. The number of nitrogens with one attached hydrogen (secondary N) is 3. The van der Waals surface area contributed by atoms with Gasteiger partial charge in [-0.25, -0.2) is 0 Å². The highest BCUT2D eigenvalue weighted by molar-refractivity contribution is 7.98. The Morgan fingerprint density at radius 1 is 1.26 bits per heavy atom. The average Bonchev–Trinajstić information content (AvgIpc) is 3.12. The Balaban J connectivity index is 1.52. The molecule has 166 valence electrons. The third-order valence-electron chi connectivity index (χ3n) is 6.19. The second kappa shape index (κ2) is 8.59. The number of hydrogen-bond donors (Lipinski definition) is 3. The Bertz CT molecular complexity index is 1060. The van der Waals surface area contributed by atoms with Crippen LogP contribution in [0.3, 0.4) is 0 Å². The van der Waals surface area contributed by atoms with Crippen LogP contribution in [-0.2, 0) is 6.54 Å².